The fraction of sp³-hybridized carbons (Fsp3) is 0. The van der Waals surface area contributed by atoms with Crippen molar-refractivity contribution in [3.63, 3.8) is 0 Å². The molecule has 0 atom stereocenters. The zero-order chi connectivity index (χ0) is 41.7. The Morgan fingerprint density at radius 1 is 0.317 bits per heavy atom. The van der Waals surface area contributed by atoms with E-state index in [-0.39, 0.29) is 0 Å². The van der Waals surface area contributed by atoms with Gasteiger partial charge in [0.2, 0.25) is 0 Å². The molecule has 0 aliphatic rings. The highest BCUT2D eigenvalue weighted by Crippen LogP contribution is 2.49. The van der Waals surface area contributed by atoms with Crippen molar-refractivity contribution in [2.75, 3.05) is 4.90 Å². The number of para-hydroxylation sites is 3. The van der Waals surface area contributed by atoms with E-state index in [2.05, 4.69) is 240 Å². The lowest BCUT2D eigenvalue weighted by atomic mass is 9.87. The van der Waals surface area contributed by atoms with E-state index in [1.165, 1.54) is 38.5 Å². The molecule has 0 fully saturated rings. The van der Waals surface area contributed by atoms with Gasteiger partial charge in [0.1, 0.15) is 11.2 Å². The van der Waals surface area contributed by atoms with Crippen LogP contribution in [0.3, 0.4) is 0 Å². The van der Waals surface area contributed by atoms with Crippen LogP contribution in [0.1, 0.15) is 0 Å². The van der Waals surface area contributed by atoms with Gasteiger partial charge >= 0.3 is 0 Å². The summed E-state index contributed by atoms with van der Waals surface area (Å²) in [6.07, 6.45) is 0. The fourth-order valence-corrected chi connectivity index (χ4v) is 9.53. The molecule has 0 saturated carbocycles. The SMILES string of the molecule is c1ccc(-c2ccccc2-c2c(-c3ccccc3)cccc2N(c2ccc(-c3ccc4oc5ccccc5c4c3)cc2)c2ccc3c4ccccc4n(-c4ccccc4)c3c2)cc1. The highest BCUT2D eigenvalue weighted by atomic mass is 16.3. The summed E-state index contributed by atoms with van der Waals surface area (Å²) in [6.45, 7) is 0. The molecular weight excluding hydrogens is 765 g/mol. The van der Waals surface area contributed by atoms with Crippen molar-refractivity contribution < 1.29 is 4.42 Å². The number of hydrogen-bond acceptors (Lipinski definition) is 2. The van der Waals surface area contributed by atoms with Crippen LogP contribution in [0.25, 0.3) is 93.9 Å². The maximum Gasteiger partial charge on any atom is 0.135 e. The molecule has 0 unspecified atom stereocenters. The molecular formula is C60H40N2O. The monoisotopic (exact) mass is 804 g/mol. The molecule has 0 N–H and O–H groups in total. The van der Waals surface area contributed by atoms with Gasteiger partial charge < -0.3 is 13.9 Å². The Hall–Kier alpha value is -8.40. The van der Waals surface area contributed by atoms with Gasteiger partial charge in [-0.25, -0.2) is 0 Å². The average Bonchev–Trinajstić information content (AvgIpc) is 3.90. The summed E-state index contributed by atoms with van der Waals surface area (Å²) in [4.78, 5) is 2.45. The average molecular weight is 805 g/mol. The Bertz CT molecular complexity index is 3600. The number of furan rings is 1. The van der Waals surface area contributed by atoms with Crippen LogP contribution in [0, 0.1) is 0 Å². The second kappa shape index (κ2) is 15.3. The minimum Gasteiger partial charge on any atom is -0.456 e. The number of fused-ring (bicyclic) bond motifs is 6. The van der Waals surface area contributed by atoms with Crippen LogP contribution in [0.5, 0.6) is 0 Å². The highest BCUT2D eigenvalue weighted by molar-refractivity contribution is 6.11. The standard InChI is InChI=1S/C60H40N2O/c1-4-17-42(18-5-1)48-23-10-11-26-53(48)60-49(43-19-6-2-7-20-43)27-16-29-56(60)61(46-34-31-41(32-35-46)44-33-38-59-54(39-44)52-25-13-15-30-58(52)63-59)47-36-37-51-50-24-12-14-28-55(50)62(57(51)40-47)45-21-8-3-9-22-45/h1-40H. The van der Waals surface area contributed by atoms with Crippen LogP contribution >= 0.6 is 0 Å². The Kier molecular flexibility index (Phi) is 8.83. The van der Waals surface area contributed by atoms with E-state index in [1.807, 2.05) is 12.1 Å². The smallest absolute Gasteiger partial charge is 0.135 e. The van der Waals surface area contributed by atoms with Gasteiger partial charge in [-0.05, 0) is 106 Å². The van der Waals surface area contributed by atoms with Gasteiger partial charge in [-0.1, -0.05) is 176 Å². The molecule has 0 aliphatic carbocycles. The molecule has 296 valence electrons. The first-order valence-corrected chi connectivity index (χ1v) is 21.5. The maximum atomic E-state index is 6.20. The third-order valence-corrected chi connectivity index (χ3v) is 12.4. The minimum atomic E-state index is 0.896. The third-order valence-electron chi connectivity index (χ3n) is 12.4. The summed E-state index contributed by atoms with van der Waals surface area (Å²) in [5, 5.41) is 4.69. The molecule has 3 nitrogen and oxygen atoms in total. The van der Waals surface area contributed by atoms with Crippen molar-refractivity contribution in [2.24, 2.45) is 0 Å². The quantitative estimate of drug-likeness (QED) is 0.153. The summed E-state index contributed by atoms with van der Waals surface area (Å²) >= 11 is 0. The van der Waals surface area contributed by atoms with Crippen molar-refractivity contribution in [1.82, 2.24) is 4.57 Å². The van der Waals surface area contributed by atoms with Crippen molar-refractivity contribution in [1.29, 1.82) is 0 Å². The van der Waals surface area contributed by atoms with Crippen LogP contribution < -0.4 is 4.90 Å². The predicted octanol–water partition coefficient (Wildman–Crippen LogP) is 16.8. The molecule has 0 radical (unpaired) electrons. The second-order valence-electron chi connectivity index (χ2n) is 16.1. The first-order chi connectivity index (χ1) is 31.3. The Labute approximate surface area is 366 Å². The molecule has 3 heteroatoms. The fourth-order valence-electron chi connectivity index (χ4n) is 9.53. The molecule has 10 aromatic carbocycles. The molecule has 2 heterocycles. The largest absolute Gasteiger partial charge is 0.456 e. The summed E-state index contributed by atoms with van der Waals surface area (Å²) in [5.74, 6) is 0. The third kappa shape index (κ3) is 6.29. The van der Waals surface area contributed by atoms with Gasteiger partial charge in [0.15, 0.2) is 0 Å². The van der Waals surface area contributed by atoms with E-state index in [0.717, 1.165) is 72.5 Å². The van der Waals surface area contributed by atoms with Gasteiger partial charge in [-0.3, -0.25) is 0 Å². The van der Waals surface area contributed by atoms with Crippen LogP contribution in [0.15, 0.2) is 247 Å². The van der Waals surface area contributed by atoms with Crippen LogP contribution in [-0.4, -0.2) is 4.57 Å². The topological polar surface area (TPSA) is 21.3 Å². The number of anilines is 3. The van der Waals surface area contributed by atoms with Gasteiger partial charge in [0.05, 0.1) is 16.7 Å². The summed E-state index contributed by atoms with van der Waals surface area (Å²) in [6, 6.07) is 87.4. The summed E-state index contributed by atoms with van der Waals surface area (Å²) < 4.78 is 8.60. The van der Waals surface area contributed by atoms with E-state index < -0.39 is 0 Å². The van der Waals surface area contributed by atoms with Gasteiger partial charge in [0, 0.05) is 44.2 Å². The molecule has 12 aromatic rings. The predicted molar refractivity (Wildman–Crippen MR) is 264 cm³/mol. The lowest BCUT2D eigenvalue weighted by molar-refractivity contribution is 0.669. The molecule has 2 aromatic heterocycles. The van der Waals surface area contributed by atoms with E-state index in [4.69, 9.17) is 4.42 Å². The second-order valence-corrected chi connectivity index (χ2v) is 16.1. The summed E-state index contributed by atoms with van der Waals surface area (Å²) in [7, 11) is 0. The number of benzene rings is 10. The molecule has 0 aliphatic heterocycles. The molecule has 0 saturated heterocycles. The van der Waals surface area contributed by atoms with Crippen molar-refractivity contribution >= 4 is 60.8 Å². The van der Waals surface area contributed by atoms with E-state index in [0.29, 0.717) is 0 Å². The van der Waals surface area contributed by atoms with Crippen LogP contribution in [0.2, 0.25) is 0 Å². The zero-order valence-corrected chi connectivity index (χ0v) is 34.4. The first kappa shape index (κ1) is 36.5. The number of hydrogen-bond donors (Lipinski definition) is 0. The summed E-state index contributed by atoms with van der Waals surface area (Å²) in [5.41, 5.74) is 17.7. The number of nitrogens with zero attached hydrogens (tertiary/aromatic N) is 2. The van der Waals surface area contributed by atoms with Crippen molar-refractivity contribution in [3.8, 4) is 50.2 Å². The lowest BCUT2D eigenvalue weighted by Gasteiger charge is -2.30. The van der Waals surface area contributed by atoms with Gasteiger partial charge in [-0.15, -0.1) is 0 Å². The van der Waals surface area contributed by atoms with Crippen LogP contribution in [-0.2, 0) is 0 Å². The van der Waals surface area contributed by atoms with Crippen molar-refractivity contribution in [2.45, 2.75) is 0 Å². The Balaban J connectivity index is 1.11. The van der Waals surface area contributed by atoms with Gasteiger partial charge in [0.25, 0.3) is 0 Å². The first-order valence-electron chi connectivity index (χ1n) is 21.5. The highest BCUT2D eigenvalue weighted by Gasteiger charge is 2.24. The zero-order valence-electron chi connectivity index (χ0n) is 34.4. The Morgan fingerprint density at radius 2 is 0.889 bits per heavy atom. The van der Waals surface area contributed by atoms with Crippen molar-refractivity contribution in [3.05, 3.63) is 243 Å². The minimum absolute atomic E-state index is 0.896. The Morgan fingerprint density at radius 3 is 1.67 bits per heavy atom. The molecule has 63 heavy (non-hydrogen) atoms. The molecule has 0 amide bonds. The molecule has 0 bridgehead atoms. The van der Waals surface area contributed by atoms with E-state index >= 15 is 0 Å². The normalized spacial score (nSPS) is 11.5. The van der Waals surface area contributed by atoms with Crippen LogP contribution in [0.4, 0.5) is 17.1 Å². The lowest BCUT2D eigenvalue weighted by Crippen LogP contribution is -2.12. The number of aromatic nitrogens is 1. The molecule has 12 rings (SSSR count). The van der Waals surface area contributed by atoms with Gasteiger partial charge in [-0.2, -0.15) is 0 Å². The molecule has 0 spiro atoms. The number of rotatable bonds is 8. The maximum absolute atomic E-state index is 6.20. The van der Waals surface area contributed by atoms with E-state index in [1.54, 1.807) is 0 Å². The van der Waals surface area contributed by atoms with E-state index in [9.17, 15) is 0 Å².